The largest absolute Gasteiger partial charge is 0.382 e. The fourth-order valence-electron chi connectivity index (χ4n) is 3.74. The molecular formula is C16H18ClN7O2. The predicted octanol–water partition coefficient (Wildman–Crippen LogP) is 1.01. The monoisotopic (exact) mass is 375 g/mol. The molecule has 1 amide bonds. The smallest absolute Gasteiger partial charge is 0.277 e. The lowest BCUT2D eigenvalue weighted by atomic mass is 10.1. The van der Waals surface area contributed by atoms with E-state index in [4.69, 9.17) is 17.3 Å². The van der Waals surface area contributed by atoms with Crippen molar-refractivity contribution in [2.24, 2.45) is 0 Å². The van der Waals surface area contributed by atoms with Crippen molar-refractivity contribution in [3.8, 4) is 0 Å². The summed E-state index contributed by atoms with van der Waals surface area (Å²) in [6, 6.07) is 1.62. The minimum Gasteiger partial charge on any atom is -0.382 e. The topological polar surface area (TPSA) is 118 Å². The Morgan fingerprint density at radius 3 is 2.85 bits per heavy atom. The average molecular weight is 376 g/mol. The third kappa shape index (κ3) is 2.20. The first-order chi connectivity index (χ1) is 12.3. The molecule has 1 fully saturated rings. The minimum atomic E-state index is -0.833. The number of anilines is 3. The number of likely N-dealkylation sites (tertiary alicyclic amines) is 1. The molecule has 1 atom stereocenters. The number of nitrogen functional groups attached to an aromatic ring is 1. The molecule has 4 rings (SSSR count). The van der Waals surface area contributed by atoms with Crippen LogP contribution in [0.3, 0.4) is 0 Å². The first-order valence-electron chi connectivity index (χ1n) is 8.19. The maximum absolute atomic E-state index is 13.2. The molecule has 136 valence electrons. The van der Waals surface area contributed by atoms with Crippen molar-refractivity contribution < 1.29 is 4.79 Å². The summed E-state index contributed by atoms with van der Waals surface area (Å²) in [6.45, 7) is 2.58. The molecule has 0 unspecified atom stereocenters. The molecule has 1 saturated heterocycles. The molecule has 10 heteroatoms. The summed E-state index contributed by atoms with van der Waals surface area (Å²) < 4.78 is 1.54. The number of nitrogens with zero attached hydrogens (tertiary/aromatic N) is 4. The van der Waals surface area contributed by atoms with Gasteiger partial charge in [-0.25, -0.2) is 9.97 Å². The Hall–Kier alpha value is -2.65. The zero-order chi connectivity index (χ0) is 18.6. The number of rotatable bonds is 2. The molecule has 0 bridgehead atoms. The molecule has 0 saturated carbocycles. The van der Waals surface area contributed by atoms with Gasteiger partial charge in [0.25, 0.3) is 11.5 Å². The Bertz CT molecular complexity index is 989. The lowest BCUT2D eigenvalue weighted by molar-refractivity contribution is 0.0556. The number of halogens is 1. The number of aryl methyl sites for hydroxylation is 1. The van der Waals surface area contributed by atoms with Crippen LogP contribution in [-0.2, 0) is 5.79 Å². The molecule has 2 aliphatic heterocycles. The SMILES string of the molecule is Cc1cc(Nc2ncnc(N)c2Cl)c(=O)n2c1C(=O)N[C@]21CCCN1C. The van der Waals surface area contributed by atoms with Crippen molar-refractivity contribution in [2.75, 3.05) is 24.6 Å². The summed E-state index contributed by atoms with van der Waals surface area (Å²) in [5.74, 6) is -0.724. The average Bonchev–Trinajstić information content (AvgIpc) is 3.10. The van der Waals surface area contributed by atoms with Crippen LogP contribution in [0.25, 0.3) is 0 Å². The quantitative estimate of drug-likeness (QED) is 0.716. The third-order valence-electron chi connectivity index (χ3n) is 5.01. The van der Waals surface area contributed by atoms with Gasteiger partial charge in [-0.2, -0.15) is 0 Å². The Morgan fingerprint density at radius 2 is 2.15 bits per heavy atom. The summed E-state index contributed by atoms with van der Waals surface area (Å²) >= 11 is 6.12. The molecule has 26 heavy (non-hydrogen) atoms. The van der Waals surface area contributed by atoms with E-state index in [1.165, 1.54) is 6.33 Å². The normalized spacial score (nSPS) is 21.9. The van der Waals surface area contributed by atoms with Gasteiger partial charge in [0.1, 0.15) is 28.5 Å². The molecular weight excluding hydrogens is 358 g/mol. The zero-order valence-electron chi connectivity index (χ0n) is 14.3. The van der Waals surface area contributed by atoms with Gasteiger partial charge in [0, 0.05) is 13.0 Å². The highest BCUT2D eigenvalue weighted by Gasteiger charge is 2.50. The number of amides is 1. The van der Waals surface area contributed by atoms with Crippen LogP contribution >= 0.6 is 11.6 Å². The Morgan fingerprint density at radius 1 is 1.38 bits per heavy atom. The molecule has 0 radical (unpaired) electrons. The van der Waals surface area contributed by atoms with Gasteiger partial charge in [0.2, 0.25) is 0 Å². The van der Waals surface area contributed by atoms with Gasteiger partial charge in [0.15, 0.2) is 11.6 Å². The van der Waals surface area contributed by atoms with E-state index in [1.807, 2.05) is 11.9 Å². The van der Waals surface area contributed by atoms with Crippen LogP contribution < -0.4 is 21.9 Å². The van der Waals surface area contributed by atoms with E-state index in [1.54, 1.807) is 17.6 Å². The second-order valence-corrected chi connectivity index (χ2v) is 6.95. The third-order valence-corrected chi connectivity index (χ3v) is 5.38. The number of nitrogens with two attached hydrogens (primary N) is 1. The number of aromatic nitrogens is 3. The van der Waals surface area contributed by atoms with Crippen LogP contribution in [0.15, 0.2) is 17.2 Å². The van der Waals surface area contributed by atoms with Crippen molar-refractivity contribution in [3.05, 3.63) is 39.0 Å². The fraction of sp³-hybridized carbons (Fsp3) is 0.375. The summed E-state index contributed by atoms with van der Waals surface area (Å²) in [5, 5.41) is 6.06. The van der Waals surface area contributed by atoms with E-state index in [9.17, 15) is 9.59 Å². The standard InChI is InChI=1S/C16H18ClN7O2/c1-8-6-9(21-13-10(17)12(18)19-7-20-13)15(26)24-11(8)14(25)22-16(24)4-3-5-23(16)2/h6-7H,3-5H2,1-2H3,(H,22,25)(H3,18,19,20,21)/t16-/m0/s1. The van der Waals surface area contributed by atoms with E-state index in [0.29, 0.717) is 17.7 Å². The Balaban J connectivity index is 1.89. The molecule has 4 heterocycles. The molecule has 9 nitrogen and oxygen atoms in total. The van der Waals surface area contributed by atoms with Gasteiger partial charge in [-0.3, -0.25) is 19.1 Å². The molecule has 2 aromatic rings. The maximum Gasteiger partial charge on any atom is 0.277 e. The number of carbonyl (C=O) groups excluding carboxylic acids is 1. The van der Waals surface area contributed by atoms with E-state index in [-0.39, 0.29) is 33.8 Å². The molecule has 4 N–H and O–H groups in total. The van der Waals surface area contributed by atoms with Crippen LogP contribution in [0, 0.1) is 6.92 Å². The van der Waals surface area contributed by atoms with Crippen molar-refractivity contribution in [1.29, 1.82) is 0 Å². The summed E-state index contributed by atoms with van der Waals surface area (Å²) in [5.41, 5.74) is 6.69. The van der Waals surface area contributed by atoms with Crippen molar-refractivity contribution in [2.45, 2.75) is 25.6 Å². The van der Waals surface area contributed by atoms with Crippen LogP contribution in [0.4, 0.5) is 17.3 Å². The Kier molecular flexibility index (Phi) is 3.67. The van der Waals surface area contributed by atoms with Gasteiger partial charge in [-0.05, 0) is 32.0 Å². The Labute approximate surface area is 154 Å². The molecule has 1 spiro atoms. The number of hydrogen-bond acceptors (Lipinski definition) is 7. The lowest BCUT2D eigenvalue weighted by Crippen LogP contribution is -2.55. The van der Waals surface area contributed by atoms with Crippen LogP contribution in [0.2, 0.25) is 5.02 Å². The van der Waals surface area contributed by atoms with Gasteiger partial charge in [-0.15, -0.1) is 0 Å². The minimum absolute atomic E-state index is 0.117. The van der Waals surface area contributed by atoms with Gasteiger partial charge in [-0.1, -0.05) is 11.6 Å². The number of carbonyl (C=O) groups is 1. The highest BCUT2D eigenvalue weighted by Crippen LogP contribution is 2.36. The second-order valence-electron chi connectivity index (χ2n) is 6.57. The van der Waals surface area contributed by atoms with Gasteiger partial charge >= 0.3 is 0 Å². The summed E-state index contributed by atoms with van der Waals surface area (Å²) in [7, 11) is 1.90. The van der Waals surface area contributed by atoms with E-state index in [2.05, 4.69) is 20.6 Å². The van der Waals surface area contributed by atoms with Gasteiger partial charge in [0.05, 0.1) is 0 Å². The lowest BCUT2D eigenvalue weighted by Gasteiger charge is -2.33. The number of hydrogen-bond donors (Lipinski definition) is 3. The highest BCUT2D eigenvalue weighted by molar-refractivity contribution is 6.35. The summed E-state index contributed by atoms with van der Waals surface area (Å²) in [4.78, 5) is 35.6. The predicted molar refractivity (Wildman–Crippen MR) is 97.5 cm³/mol. The fourth-order valence-corrected chi connectivity index (χ4v) is 3.89. The summed E-state index contributed by atoms with van der Waals surface area (Å²) in [6.07, 6.45) is 2.80. The number of fused-ring (bicyclic) bond motifs is 2. The van der Waals surface area contributed by atoms with E-state index < -0.39 is 5.79 Å². The zero-order valence-corrected chi connectivity index (χ0v) is 15.1. The number of nitrogens with one attached hydrogen (secondary N) is 2. The van der Waals surface area contributed by atoms with Crippen molar-refractivity contribution in [3.63, 3.8) is 0 Å². The first-order valence-corrected chi connectivity index (χ1v) is 8.57. The molecule has 0 aliphatic carbocycles. The van der Waals surface area contributed by atoms with Crippen molar-refractivity contribution >= 4 is 34.8 Å². The van der Waals surface area contributed by atoms with Crippen LogP contribution in [0.5, 0.6) is 0 Å². The highest BCUT2D eigenvalue weighted by atomic mass is 35.5. The van der Waals surface area contributed by atoms with Crippen molar-refractivity contribution in [1.82, 2.24) is 24.8 Å². The molecule has 2 aromatic heterocycles. The number of pyridine rings is 1. The van der Waals surface area contributed by atoms with E-state index in [0.717, 1.165) is 13.0 Å². The van der Waals surface area contributed by atoms with Crippen LogP contribution in [0.1, 0.15) is 28.9 Å². The van der Waals surface area contributed by atoms with Crippen LogP contribution in [-0.4, -0.2) is 38.9 Å². The molecule has 2 aliphatic rings. The maximum atomic E-state index is 13.2. The first kappa shape index (κ1) is 16.8. The van der Waals surface area contributed by atoms with Gasteiger partial charge < -0.3 is 16.4 Å². The molecule has 0 aromatic carbocycles. The second kappa shape index (κ2) is 5.68. The van der Waals surface area contributed by atoms with E-state index >= 15 is 0 Å².